The molecule has 0 fully saturated rings. The maximum atomic E-state index is 9.04. The summed E-state index contributed by atoms with van der Waals surface area (Å²) < 4.78 is 10.2. The van der Waals surface area contributed by atoms with Gasteiger partial charge in [0.1, 0.15) is 11.8 Å². The van der Waals surface area contributed by atoms with Gasteiger partial charge in [-0.05, 0) is 18.2 Å². The zero-order valence-electron chi connectivity index (χ0n) is 10.2. The maximum absolute atomic E-state index is 9.04. The van der Waals surface area contributed by atoms with Gasteiger partial charge in [0, 0.05) is 5.56 Å². The fourth-order valence-electron chi connectivity index (χ4n) is 1.63. The summed E-state index contributed by atoms with van der Waals surface area (Å²) in [6.45, 7) is 0. The Morgan fingerprint density at radius 2 is 2.00 bits per heavy atom. The quantitative estimate of drug-likeness (QED) is 0.827. The fourth-order valence-corrected chi connectivity index (χ4v) is 1.63. The molecule has 0 amide bonds. The molecule has 90 valence electrons. The van der Waals surface area contributed by atoms with E-state index in [0.717, 1.165) is 11.3 Å². The van der Waals surface area contributed by atoms with E-state index < -0.39 is 0 Å². The van der Waals surface area contributed by atoms with E-state index in [0.29, 0.717) is 17.0 Å². The Balaban J connectivity index is 2.48. The van der Waals surface area contributed by atoms with Crippen molar-refractivity contribution in [3.05, 3.63) is 42.1 Å². The Hall–Kier alpha value is -2.54. The largest absolute Gasteiger partial charge is 0.497 e. The molecule has 4 nitrogen and oxygen atoms in total. The number of benzene rings is 1. The molecular formula is C14H12N2O2. The van der Waals surface area contributed by atoms with Gasteiger partial charge in [-0.1, -0.05) is 12.1 Å². The molecule has 0 aliphatic heterocycles. The van der Waals surface area contributed by atoms with Crippen LogP contribution in [0.3, 0.4) is 0 Å². The first-order chi connectivity index (χ1) is 8.78. The Morgan fingerprint density at radius 3 is 2.67 bits per heavy atom. The van der Waals surface area contributed by atoms with Crippen LogP contribution in [0.4, 0.5) is 0 Å². The molecule has 4 heteroatoms. The van der Waals surface area contributed by atoms with E-state index in [1.165, 1.54) is 7.11 Å². The summed E-state index contributed by atoms with van der Waals surface area (Å²) in [6.07, 6.45) is 1.55. The number of hydrogen-bond donors (Lipinski definition) is 0. The smallest absolute Gasteiger partial charge is 0.154 e. The molecule has 0 saturated carbocycles. The minimum Gasteiger partial charge on any atom is -0.497 e. The lowest BCUT2D eigenvalue weighted by Crippen LogP contribution is -1.92. The molecule has 1 aromatic heterocycles. The lowest BCUT2D eigenvalue weighted by molar-refractivity contribution is 0.411. The van der Waals surface area contributed by atoms with Crippen molar-refractivity contribution in [3.63, 3.8) is 0 Å². The van der Waals surface area contributed by atoms with Gasteiger partial charge in [0.2, 0.25) is 0 Å². The van der Waals surface area contributed by atoms with Gasteiger partial charge < -0.3 is 9.47 Å². The van der Waals surface area contributed by atoms with Crippen LogP contribution in [0.25, 0.3) is 11.3 Å². The third-order valence-electron chi connectivity index (χ3n) is 2.57. The second kappa shape index (κ2) is 5.19. The minimum atomic E-state index is 0.463. The summed E-state index contributed by atoms with van der Waals surface area (Å²) >= 11 is 0. The first kappa shape index (κ1) is 11.9. The molecule has 2 aromatic rings. The van der Waals surface area contributed by atoms with Gasteiger partial charge in [0.25, 0.3) is 0 Å². The molecule has 0 aliphatic rings. The summed E-state index contributed by atoms with van der Waals surface area (Å²) in [6, 6.07) is 11.3. The molecule has 0 spiro atoms. The van der Waals surface area contributed by atoms with Crippen molar-refractivity contribution in [2.75, 3.05) is 14.2 Å². The molecule has 0 N–H and O–H groups in total. The average molecular weight is 240 g/mol. The van der Waals surface area contributed by atoms with Gasteiger partial charge in [0.15, 0.2) is 5.75 Å². The predicted molar refractivity (Wildman–Crippen MR) is 67.5 cm³/mol. The molecule has 0 aliphatic carbocycles. The number of nitrogens with zero attached hydrogens (tertiary/aromatic N) is 2. The standard InChI is InChI=1S/C14H12N2O2/c1-17-12-5-3-4-10(6-12)13-7-11(8-15)14(18-2)9-16-13/h3-7,9H,1-2H3. The highest BCUT2D eigenvalue weighted by atomic mass is 16.5. The average Bonchev–Trinajstić information content (AvgIpc) is 2.46. The van der Waals surface area contributed by atoms with E-state index in [-0.39, 0.29) is 0 Å². The SMILES string of the molecule is COc1cccc(-c2cc(C#N)c(OC)cn2)c1. The summed E-state index contributed by atoms with van der Waals surface area (Å²) in [5, 5.41) is 9.04. The highest BCUT2D eigenvalue weighted by Crippen LogP contribution is 2.25. The monoisotopic (exact) mass is 240 g/mol. The van der Waals surface area contributed by atoms with Crippen LogP contribution in [0, 0.1) is 11.3 Å². The van der Waals surface area contributed by atoms with Crippen molar-refractivity contribution in [1.82, 2.24) is 4.98 Å². The van der Waals surface area contributed by atoms with Gasteiger partial charge in [-0.3, -0.25) is 4.98 Å². The van der Waals surface area contributed by atoms with Crippen molar-refractivity contribution in [3.8, 4) is 28.8 Å². The molecule has 18 heavy (non-hydrogen) atoms. The number of aromatic nitrogens is 1. The normalized spacial score (nSPS) is 9.61. The van der Waals surface area contributed by atoms with Crippen LogP contribution >= 0.6 is 0 Å². The van der Waals surface area contributed by atoms with Crippen molar-refractivity contribution < 1.29 is 9.47 Å². The van der Waals surface area contributed by atoms with E-state index >= 15 is 0 Å². The second-order valence-electron chi connectivity index (χ2n) is 3.61. The summed E-state index contributed by atoms with van der Waals surface area (Å²) in [4.78, 5) is 4.27. The van der Waals surface area contributed by atoms with Crippen LogP contribution in [0.15, 0.2) is 36.5 Å². The first-order valence-electron chi connectivity index (χ1n) is 5.37. The van der Waals surface area contributed by atoms with E-state index in [9.17, 15) is 0 Å². The van der Waals surface area contributed by atoms with Gasteiger partial charge >= 0.3 is 0 Å². The van der Waals surface area contributed by atoms with Crippen LogP contribution < -0.4 is 9.47 Å². The highest BCUT2D eigenvalue weighted by molar-refractivity contribution is 5.64. The maximum Gasteiger partial charge on any atom is 0.154 e. The van der Waals surface area contributed by atoms with Gasteiger partial charge in [0.05, 0.1) is 31.7 Å². The molecular weight excluding hydrogens is 228 g/mol. The Morgan fingerprint density at radius 1 is 1.17 bits per heavy atom. The van der Waals surface area contributed by atoms with Crippen LogP contribution in [0.2, 0.25) is 0 Å². The second-order valence-corrected chi connectivity index (χ2v) is 3.61. The molecule has 1 aromatic carbocycles. The van der Waals surface area contributed by atoms with E-state index in [2.05, 4.69) is 11.1 Å². The van der Waals surface area contributed by atoms with Crippen molar-refractivity contribution >= 4 is 0 Å². The van der Waals surface area contributed by atoms with Crippen molar-refractivity contribution in [2.24, 2.45) is 0 Å². The third-order valence-corrected chi connectivity index (χ3v) is 2.57. The van der Waals surface area contributed by atoms with E-state index in [4.69, 9.17) is 14.7 Å². The number of ether oxygens (including phenoxy) is 2. The third kappa shape index (κ3) is 2.25. The summed E-state index contributed by atoms with van der Waals surface area (Å²) in [5.41, 5.74) is 2.07. The topological polar surface area (TPSA) is 55.1 Å². The highest BCUT2D eigenvalue weighted by Gasteiger charge is 2.07. The van der Waals surface area contributed by atoms with E-state index in [1.54, 1.807) is 19.4 Å². The van der Waals surface area contributed by atoms with E-state index in [1.807, 2.05) is 24.3 Å². The molecule has 0 unspecified atom stereocenters. The fraction of sp³-hybridized carbons (Fsp3) is 0.143. The molecule has 0 saturated heterocycles. The summed E-state index contributed by atoms with van der Waals surface area (Å²) in [7, 11) is 3.13. The van der Waals surface area contributed by atoms with Crippen LogP contribution in [0.5, 0.6) is 11.5 Å². The minimum absolute atomic E-state index is 0.463. The Kier molecular flexibility index (Phi) is 3.44. The zero-order chi connectivity index (χ0) is 13.0. The van der Waals surface area contributed by atoms with Crippen LogP contribution in [-0.2, 0) is 0 Å². The lowest BCUT2D eigenvalue weighted by atomic mass is 10.1. The zero-order valence-corrected chi connectivity index (χ0v) is 10.2. The molecule has 2 rings (SSSR count). The lowest BCUT2D eigenvalue weighted by Gasteiger charge is -2.06. The predicted octanol–water partition coefficient (Wildman–Crippen LogP) is 2.64. The van der Waals surface area contributed by atoms with Gasteiger partial charge in [-0.15, -0.1) is 0 Å². The van der Waals surface area contributed by atoms with Crippen molar-refractivity contribution in [1.29, 1.82) is 5.26 Å². The molecule has 0 bridgehead atoms. The number of nitriles is 1. The molecule has 1 heterocycles. The molecule has 0 atom stereocenters. The Labute approximate surface area is 105 Å². The number of rotatable bonds is 3. The Bertz CT molecular complexity index is 603. The molecule has 0 radical (unpaired) electrons. The van der Waals surface area contributed by atoms with Crippen LogP contribution in [0.1, 0.15) is 5.56 Å². The summed E-state index contributed by atoms with van der Waals surface area (Å²) in [5.74, 6) is 1.23. The van der Waals surface area contributed by atoms with Gasteiger partial charge in [-0.2, -0.15) is 5.26 Å². The van der Waals surface area contributed by atoms with Crippen LogP contribution in [-0.4, -0.2) is 19.2 Å². The number of methoxy groups -OCH3 is 2. The first-order valence-corrected chi connectivity index (χ1v) is 5.37. The number of pyridine rings is 1. The van der Waals surface area contributed by atoms with Gasteiger partial charge in [-0.25, -0.2) is 0 Å². The number of hydrogen-bond acceptors (Lipinski definition) is 4. The van der Waals surface area contributed by atoms with Crippen molar-refractivity contribution in [2.45, 2.75) is 0 Å².